The molecular weight excluding hydrogens is 410 g/mol. The van der Waals surface area contributed by atoms with E-state index in [9.17, 15) is 31.7 Å². The second-order valence-corrected chi connectivity index (χ2v) is 11.1. The highest BCUT2D eigenvalue weighted by molar-refractivity contribution is 7.95. The molecule has 2 atom stereocenters. The van der Waals surface area contributed by atoms with Gasteiger partial charge in [-0.2, -0.15) is 0 Å². The van der Waals surface area contributed by atoms with Crippen LogP contribution in [0.3, 0.4) is 0 Å². The van der Waals surface area contributed by atoms with Gasteiger partial charge in [0.15, 0.2) is 16.4 Å². The van der Waals surface area contributed by atoms with E-state index in [0.717, 1.165) is 0 Å². The summed E-state index contributed by atoms with van der Waals surface area (Å²) in [5.74, 6) is -1.24. The number of nitrogens with zero attached hydrogens (tertiary/aromatic N) is 1. The number of amides is 1. The minimum Gasteiger partial charge on any atom is -0.310 e. The molecule has 1 aromatic rings. The highest BCUT2D eigenvalue weighted by Gasteiger charge is 2.39. The third-order valence-corrected chi connectivity index (χ3v) is 9.44. The molecule has 0 fully saturated rings. The molecule has 1 amide bonds. The molecular formula is C12H17N3O8S3. The van der Waals surface area contributed by atoms with Crippen molar-refractivity contribution in [3.05, 3.63) is 21.7 Å². The Morgan fingerprint density at radius 3 is 2.73 bits per heavy atom. The number of carbonyl (C=O) groups is 1. The standard InChI is InChI=1S/C12H17N3O8S3/c1-3-13-9-4-7(2)25(19,20)12-8(9)5-11(24-12)26(21,22)14-10(16)6-23-15(17)18/h5,7,9,13H,3-4,6H2,1-2H3,(H,14,16)/t7?,9-/m0/s1. The molecule has 0 spiro atoms. The molecule has 0 saturated carbocycles. The van der Waals surface area contributed by atoms with Gasteiger partial charge < -0.3 is 10.2 Å². The minimum atomic E-state index is -4.38. The highest BCUT2D eigenvalue weighted by atomic mass is 32.3. The van der Waals surface area contributed by atoms with Crippen molar-refractivity contribution in [1.29, 1.82) is 0 Å². The van der Waals surface area contributed by atoms with Crippen LogP contribution in [0.1, 0.15) is 31.9 Å². The van der Waals surface area contributed by atoms with Crippen molar-refractivity contribution in [3.63, 3.8) is 0 Å². The van der Waals surface area contributed by atoms with E-state index in [1.807, 2.05) is 6.92 Å². The number of hydrogen-bond acceptors (Lipinski definition) is 10. The lowest BCUT2D eigenvalue weighted by molar-refractivity contribution is -0.754. The molecule has 146 valence electrons. The molecule has 11 nitrogen and oxygen atoms in total. The van der Waals surface area contributed by atoms with E-state index in [1.165, 1.54) is 6.07 Å². The minimum absolute atomic E-state index is 0.0587. The van der Waals surface area contributed by atoms with E-state index < -0.39 is 42.7 Å². The summed E-state index contributed by atoms with van der Waals surface area (Å²) in [5, 5.41) is 11.3. The molecule has 0 aromatic carbocycles. The zero-order valence-electron chi connectivity index (χ0n) is 13.8. The van der Waals surface area contributed by atoms with Crippen molar-refractivity contribution in [2.75, 3.05) is 13.2 Å². The summed E-state index contributed by atoms with van der Waals surface area (Å²) in [7, 11) is -8.06. The Morgan fingerprint density at radius 2 is 2.15 bits per heavy atom. The van der Waals surface area contributed by atoms with Crippen LogP contribution in [0.4, 0.5) is 0 Å². The maximum atomic E-state index is 12.5. The van der Waals surface area contributed by atoms with Crippen LogP contribution in [0, 0.1) is 10.1 Å². The zero-order chi connectivity index (χ0) is 19.7. The molecule has 26 heavy (non-hydrogen) atoms. The van der Waals surface area contributed by atoms with Crippen LogP contribution in [-0.2, 0) is 29.5 Å². The molecule has 0 bridgehead atoms. The number of fused-ring (bicyclic) bond motifs is 1. The van der Waals surface area contributed by atoms with Gasteiger partial charge in [-0.25, -0.2) is 21.6 Å². The number of hydrogen-bond donors (Lipinski definition) is 2. The second-order valence-electron chi connectivity index (χ2n) is 5.54. The van der Waals surface area contributed by atoms with E-state index in [2.05, 4.69) is 10.2 Å². The Balaban J connectivity index is 2.36. The fraction of sp³-hybridized carbons (Fsp3) is 0.583. The van der Waals surface area contributed by atoms with E-state index >= 15 is 0 Å². The lowest BCUT2D eigenvalue weighted by Crippen LogP contribution is -2.33. The molecule has 1 aromatic heterocycles. The summed E-state index contributed by atoms with van der Waals surface area (Å²) < 4.78 is 50.8. The Morgan fingerprint density at radius 1 is 1.50 bits per heavy atom. The third kappa shape index (κ3) is 4.13. The van der Waals surface area contributed by atoms with E-state index in [1.54, 1.807) is 11.6 Å². The van der Waals surface area contributed by atoms with Gasteiger partial charge in [0.2, 0.25) is 0 Å². The maximum absolute atomic E-state index is 12.5. The average Bonchev–Trinajstić information content (AvgIpc) is 2.98. The lowest BCUT2D eigenvalue weighted by atomic mass is 10.1. The van der Waals surface area contributed by atoms with Gasteiger partial charge in [-0.1, -0.05) is 6.92 Å². The number of sulfonamides is 1. The van der Waals surface area contributed by atoms with Crippen LogP contribution in [0.15, 0.2) is 14.5 Å². The Bertz CT molecular complexity index is 922. The number of thiophene rings is 1. The first-order valence-corrected chi connectivity index (χ1v) is 11.3. The first-order chi connectivity index (χ1) is 12.0. The van der Waals surface area contributed by atoms with Crippen LogP contribution in [0.5, 0.6) is 0 Å². The van der Waals surface area contributed by atoms with Crippen LogP contribution >= 0.6 is 11.3 Å². The SMILES string of the molecule is CCN[C@H]1CC(C)S(=O)(=O)c2sc(S(=O)(=O)NC(=O)CO[N+](=O)[O-])cc21. The zero-order valence-corrected chi connectivity index (χ0v) is 16.2. The number of sulfone groups is 1. The van der Waals surface area contributed by atoms with Gasteiger partial charge in [-0.05, 0) is 26.0 Å². The quantitative estimate of drug-likeness (QED) is 0.450. The summed E-state index contributed by atoms with van der Waals surface area (Å²) in [6.07, 6.45) is 0.294. The van der Waals surface area contributed by atoms with Gasteiger partial charge in [0, 0.05) is 11.6 Å². The molecule has 2 N–H and O–H groups in total. The first kappa shape index (κ1) is 20.5. The van der Waals surface area contributed by atoms with Crippen LogP contribution < -0.4 is 10.0 Å². The molecule has 2 heterocycles. The topological polar surface area (TPSA) is 162 Å². The van der Waals surface area contributed by atoms with Gasteiger partial charge in [0.25, 0.3) is 21.0 Å². The average molecular weight is 427 g/mol. The molecule has 0 saturated heterocycles. The molecule has 2 rings (SSSR count). The Labute approximate surface area is 153 Å². The van der Waals surface area contributed by atoms with E-state index in [0.29, 0.717) is 29.9 Å². The van der Waals surface area contributed by atoms with Crippen molar-refractivity contribution in [1.82, 2.24) is 10.0 Å². The Kier molecular flexibility index (Phi) is 5.89. The van der Waals surface area contributed by atoms with Gasteiger partial charge in [-0.3, -0.25) is 4.79 Å². The lowest BCUT2D eigenvalue weighted by Gasteiger charge is -2.27. The van der Waals surface area contributed by atoms with Crippen LogP contribution in [-0.4, -0.2) is 46.2 Å². The van der Waals surface area contributed by atoms with Gasteiger partial charge in [-0.15, -0.1) is 21.5 Å². The van der Waals surface area contributed by atoms with Crippen molar-refractivity contribution < 1.29 is 31.6 Å². The largest absolute Gasteiger partial charge is 0.310 e. The van der Waals surface area contributed by atoms with Crippen LogP contribution in [0.25, 0.3) is 0 Å². The summed E-state index contributed by atoms with van der Waals surface area (Å²) in [6.45, 7) is 2.86. The molecule has 1 aliphatic rings. The summed E-state index contributed by atoms with van der Waals surface area (Å²) in [4.78, 5) is 25.3. The predicted molar refractivity (Wildman–Crippen MR) is 90.3 cm³/mol. The fourth-order valence-corrected chi connectivity index (χ4v) is 7.48. The van der Waals surface area contributed by atoms with Gasteiger partial charge in [0.1, 0.15) is 8.42 Å². The van der Waals surface area contributed by atoms with Crippen molar-refractivity contribution in [3.8, 4) is 0 Å². The fourth-order valence-electron chi connectivity index (χ4n) is 2.51. The first-order valence-electron chi connectivity index (χ1n) is 7.43. The molecule has 0 radical (unpaired) electrons. The second kappa shape index (κ2) is 7.46. The molecule has 1 aliphatic heterocycles. The van der Waals surface area contributed by atoms with Gasteiger partial charge in [0.05, 0.1) is 5.25 Å². The smallest absolute Gasteiger partial charge is 0.295 e. The molecule has 14 heteroatoms. The normalized spacial score (nSPS) is 21.6. The maximum Gasteiger partial charge on any atom is 0.295 e. The monoisotopic (exact) mass is 427 g/mol. The third-order valence-electron chi connectivity index (χ3n) is 3.70. The van der Waals surface area contributed by atoms with Crippen LogP contribution in [0.2, 0.25) is 0 Å². The van der Waals surface area contributed by atoms with E-state index in [4.69, 9.17) is 0 Å². The van der Waals surface area contributed by atoms with E-state index in [-0.39, 0.29) is 14.5 Å². The number of nitrogens with one attached hydrogen (secondary N) is 2. The van der Waals surface area contributed by atoms with Crippen molar-refractivity contribution in [2.45, 2.75) is 40.0 Å². The molecule has 1 unspecified atom stereocenters. The highest BCUT2D eigenvalue weighted by Crippen LogP contribution is 2.42. The summed E-state index contributed by atoms with van der Waals surface area (Å²) >= 11 is 0.544. The van der Waals surface area contributed by atoms with Crippen molar-refractivity contribution >= 4 is 37.1 Å². The number of carbonyl (C=O) groups excluding carboxylic acids is 1. The Hall–Kier alpha value is -1.77. The summed E-state index contributed by atoms with van der Waals surface area (Å²) in [5.41, 5.74) is 0.337. The molecule has 0 aliphatic carbocycles. The summed E-state index contributed by atoms with van der Waals surface area (Å²) in [6, 6.07) is 0.878. The number of rotatable bonds is 7. The van der Waals surface area contributed by atoms with Gasteiger partial charge >= 0.3 is 0 Å². The van der Waals surface area contributed by atoms with Crippen molar-refractivity contribution in [2.24, 2.45) is 0 Å². The predicted octanol–water partition coefficient (Wildman–Crippen LogP) is -0.0222.